The number of hydrogen-bond donors (Lipinski definition) is 2. The van der Waals surface area contributed by atoms with Gasteiger partial charge in [0.05, 0.1) is 6.04 Å². The van der Waals surface area contributed by atoms with Gasteiger partial charge in [-0.1, -0.05) is 31.2 Å². The van der Waals surface area contributed by atoms with Crippen LogP contribution < -0.4 is 10.6 Å². The van der Waals surface area contributed by atoms with Crippen molar-refractivity contribution in [2.45, 2.75) is 52.1 Å². The highest BCUT2D eigenvalue weighted by atomic mass is 16.2. The van der Waals surface area contributed by atoms with Crippen LogP contribution in [0, 0.1) is 12.8 Å². The van der Waals surface area contributed by atoms with Gasteiger partial charge in [-0.3, -0.25) is 4.79 Å². The van der Waals surface area contributed by atoms with Gasteiger partial charge < -0.3 is 10.6 Å². The summed E-state index contributed by atoms with van der Waals surface area (Å²) in [4.78, 5) is 12.3. The minimum atomic E-state index is -0.0157. The molecule has 0 aromatic heterocycles. The number of carbonyl (C=O) groups is 1. The van der Waals surface area contributed by atoms with E-state index in [1.54, 1.807) is 0 Å². The van der Waals surface area contributed by atoms with Gasteiger partial charge in [-0.2, -0.15) is 0 Å². The molecule has 3 nitrogen and oxygen atoms in total. The van der Waals surface area contributed by atoms with Crippen molar-refractivity contribution in [3.63, 3.8) is 0 Å². The van der Waals surface area contributed by atoms with E-state index >= 15 is 0 Å². The van der Waals surface area contributed by atoms with Crippen LogP contribution in [0.2, 0.25) is 0 Å². The molecular formula is C17H26N2O. The summed E-state index contributed by atoms with van der Waals surface area (Å²) in [7, 11) is 0. The summed E-state index contributed by atoms with van der Waals surface area (Å²) < 4.78 is 0. The van der Waals surface area contributed by atoms with Crippen molar-refractivity contribution in [2.75, 3.05) is 6.54 Å². The molecule has 0 aliphatic carbocycles. The highest BCUT2D eigenvalue weighted by molar-refractivity contribution is 5.82. The first-order chi connectivity index (χ1) is 9.56. The van der Waals surface area contributed by atoms with Gasteiger partial charge in [0.2, 0.25) is 5.91 Å². The maximum Gasteiger partial charge on any atom is 0.237 e. The molecule has 0 saturated carbocycles. The Hall–Kier alpha value is -1.35. The predicted octanol–water partition coefficient (Wildman–Crippen LogP) is 2.43. The first kappa shape index (κ1) is 15.0. The van der Waals surface area contributed by atoms with Crippen LogP contribution in [0.4, 0.5) is 0 Å². The fourth-order valence-electron chi connectivity index (χ4n) is 2.87. The molecule has 0 bridgehead atoms. The van der Waals surface area contributed by atoms with E-state index in [4.69, 9.17) is 0 Å². The van der Waals surface area contributed by atoms with E-state index in [2.05, 4.69) is 55.7 Å². The number of aryl methyl sites for hydroxylation is 1. The highest BCUT2D eigenvalue weighted by Gasteiger charge is 2.25. The molecule has 1 fully saturated rings. The molecule has 1 aromatic carbocycles. The van der Waals surface area contributed by atoms with E-state index in [1.807, 2.05) is 0 Å². The summed E-state index contributed by atoms with van der Waals surface area (Å²) in [5, 5.41) is 6.46. The normalized spacial score (nSPS) is 24.1. The zero-order valence-corrected chi connectivity index (χ0v) is 12.8. The van der Waals surface area contributed by atoms with Crippen molar-refractivity contribution < 1.29 is 4.79 Å². The Morgan fingerprint density at radius 1 is 1.45 bits per heavy atom. The van der Waals surface area contributed by atoms with Crippen LogP contribution in [0.1, 0.15) is 37.8 Å². The molecule has 3 unspecified atom stereocenters. The monoisotopic (exact) mass is 274 g/mol. The number of piperidine rings is 1. The van der Waals surface area contributed by atoms with E-state index in [9.17, 15) is 4.79 Å². The largest absolute Gasteiger partial charge is 0.352 e. The highest BCUT2D eigenvalue weighted by Crippen LogP contribution is 2.15. The topological polar surface area (TPSA) is 41.1 Å². The smallest absolute Gasteiger partial charge is 0.237 e. The molecule has 1 aliphatic heterocycles. The van der Waals surface area contributed by atoms with Gasteiger partial charge in [0.25, 0.3) is 0 Å². The molecule has 1 saturated heterocycles. The van der Waals surface area contributed by atoms with Gasteiger partial charge in [-0.05, 0) is 56.7 Å². The van der Waals surface area contributed by atoms with Gasteiger partial charge in [-0.15, -0.1) is 0 Å². The standard InChI is InChI=1S/C17H26N2O/c1-12-8-9-18-16(10-12)17(20)19-14(3)11-15-7-5-4-6-13(15)2/h4-7,12,14,16,18H,8-11H2,1-3H3,(H,19,20). The SMILES string of the molecule is Cc1ccccc1CC(C)NC(=O)C1CC(C)CCN1. The first-order valence-corrected chi connectivity index (χ1v) is 7.64. The van der Waals surface area contributed by atoms with Crippen molar-refractivity contribution in [3.8, 4) is 0 Å². The molecule has 2 rings (SSSR count). The summed E-state index contributed by atoms with van der Waals surface area (Å²) in [5.41, 5.74) is 2.60. The maximum absolute atomic E-state index is 12.3. The fourth-order valence-corrected chi connectivity index (χ4v) is 2.87. The van der Waals surface area contributed by atoms with Gasteiger partial charge in [0, 0.05) is 6.04 Å². The molecule has 110 valence electrons. The second-order valence-electron chi connectivity index (χ2n) is 6.18. The number of carbonyl (C=O) groups excluding carboxylic acids is 1. The molecule has 0 spiro atoms. The molecule has 3 heteroatoms. The summed E-state index contributed by atoms with van der Waals surface area (Å²) in [6, 6.07) is 8.52. The first-order valence-electron chi connectivity index (χ1n) is 7.64. The second kappa shape index (κ2) is 6.89. The average molecular weight is 274 g/mol. The van der Waals surface area contributed by atoms with Crippen LogP contribution in [0.3, 0.4) is 0 Å². The minimum absolute atomic E-state index is 0.0157. The Balaban J connectivity index is 1.86. The van der Waals surface area contributed by atoms with Crippen molar-refractivity contribution in [2.24, 2.45) is 5.92 Å². The van der Waals surface area contributed by atoms with Crippen LogP contribution in [0.15, 0.2) is 24.3 Å². The van der Waals surface area contributed by atoms with Crippen molar-refractivity contribution >= 4 is 5.91 Å². The van der Waals surface area contributed by atoms with Crippen molar-refractivity contribution in [3.05, 3.63) is 35.4 Å². The van der Waals surface area contributed by atoms with Crippen LogP contribution in [-0.4, -0.2) is 24.5 Å². The van der Waals surface area contributed by atoms with Crippen LogP contribution in [0.25, 0.3) is 0 Å². The molecule has 1 aromatic rings. The molecule has 1 amide bonds. The number of amides is 1. The predicted molar refractivity (Wildman–Crippen MR) is 82.7 cm³/mol. The van der Waals surface area contributed by atoms with E-state index < -0.39 is 0 Å². The second-order valence-corrected chi connectivity index (χ2v) is 6.18. The summed E-state index contributed by atoms with van der Waals surface area (Å²) in [6.07, 6.45) is 3.01. The third-order valence-corrected chi connectivity index (χ3v) is 4.16. The summed E-state index contributed by atoms with van der Waals surface area (Å²) >= 11 is 0. The molecular weight excluding hydrogens is 248 g/mol. The molecule has 2 N–H and O–H groups in total. The van der Waals surface area contributed by atoms with Gasteiger partial charge in [0.1, 0.15) is 0 Å². The Kier molecular flexibility index (Phi) is 5.18. The number of benzene rings is 1. The quantitative estimate of drug-likeness (QED) is 0.885. The minimum Gasteiger partial charge on any atom is -0.352 e. The molecule has 20 heavy (non-hydrogen) atoms. The van der Waals surface area contributed by atoms with E-state index in [1.165, 1.54) is 17.5 Å². The molecule has 1 aliphatic rings. The third kappa shape index (κ3) is 4.07. The summed E-state index contributed by atoms with van der Waals surface area (Å²) in [6.45, 7) is 7.37. The number of rotatable bonds is 4. The lowest BCUT2D eigenvalue weighted by atomic mass is 9.93. The Morgan fingerprint density at radius 3 is 2.90 bits per heavy atom. The van der Waals surface area contributed by atoms with Crippen molar-refractivity contribution in [1.29, 1.82) is 0 Å². The van der Waals surface area contributed by atoms with Crippen LogP contribution in [0.5, 0.6) is 0 Å². The summed E-state index contributed by atoms with van der Waals surface area (Å²) in [5.74, 6) is 0.788. The van der Waals surface area contributed by atoms with E-state index in [0.717, 1.165) is 19.4 Å². The Bertz CT molecular complexity index is 458. The maximum atomic E-state index is 12.3. The molecule has 3 atom stereocenters. The van der Waals surface area contributed by atoms with E-state index in [0.29, 0.717) is 5.92 Å². The average Bonchev–Trinajstić information content (AvgIpc) is 2.41. The lowest BCUT2D eigenvalue weighted by Gasteiger charge is -2.28. The third-order valence-electron chi connectivity index (χ3n) is 4.16. The van der Waals surface area contributed by atoms with Crippen molar-refractivity contribution in [1.82, 2.24) is 10.6 Å². The van der Waals surface area contributed by atoms with Gasteiger partial charge in [-0.25, -0.2) is 0 Å². The lowest BCUT2D eigenvalue weighted by Crippen LogP contribution is -2.50. The van der Waals surface area contributed by atoms with Crippen LogP contribution >= 0.6 is 0 Å². The van der Waals surface area contributed by atoms with Gasteiger partial charge in [0.15, 0.2) is 0 Å². The van der Waals surface area contributed by atoms with Gasteiger partial charge >= 0.3 is 0 Å². The number of hydrogen-bond acceptors (Lipinski definition) is 2. The fraction of sp³-hybridized carbons (Fsp3) is 0.588. The number of nitrogens with one attached hydrogen (secondary N) is 2. The van der Waals surface area contributed by atoms with E-state index in [-0.39, 0.29) is 18.0 Å². The molecule has 0 radical (unpaired) electrons. The molecule has 1 heterocycles. The lowest BCUT2D eigenvalue weighted by molar-refractivity contribution is -0.124. The Morgan fingerprint density at radius 2 is 2.20 bits per heavy atom. The zero-order valence-electron chi connectivity index (χ0n) is 12.8. The Labute approximate surface area is 122 Å². The zero-order chi connectivity index (χ0) is 14.5. The van der Waals surface area contributed by atoms with Crippen LogP contribution in [-0.2, 0) is 11.2 Å².